The van der Waals surface area contributed by atoms with Crippen molar-refractivity contribution in [3.8, 4) is 5.75 Å². The third-order valence-electron chi connectivity index (χ3n) is 3.28. The zero-order chi connectivity index (χ0) is 17.0. The van der Waals surface area contributed by atoms with Gasteiger partial charge in [0.15, 0.2) is 0 Å². The van der Waals surface area contributed by atoms with Crippen molar-refractivity contribution in [2.24, 2.45) is 0 Å². The van der Waals surface area contributed by atoms with Crippen molar-refractivity contribution < 1.29 is 17.9 Å². The average Bonchev–Trinajstić information content (AvgIpc) is 2.55. The molecule has 2 aromatic carbocycles. The zero-order valence-corrected chi connectivity index (χ0v) is 13.9. The Morgan fingerprint density at radius 2 is 1.70 bits per heavy atom. The van der Waals surface area contributed by atoms with E-state index in [-0.39, 0.29) is 4.90 Å². The van der Waals surface area contributed by atoms with Crippen LogP contribution >= 0.6 is 0 Å². The maximum absolute atomic E-state index is 12.3. The molecule has 2 N–H and O–H groups in total. The summed E-state index contributed by atoms with van der Waals surface area (Å²) in [5.74, 6) is 0.0547. The third-order valence-corrected chi connectivity index (χ3v) is 4.67. The molecule has 7 heteroatoms. The van der Waals surface area contributed by atoms with Crippen LogP contribution in [0.1, 0.15) is 21.5 Å². The van der Waals surface area contributed by atoms with Crippen LogP contribution in [-0.4, -0.2) is 21.4 Å². The van der Waals surface area contributed by atoms with E-state index in [1.54, 1.807) is 50.2 Å². The van der Waals surface area contributed by atoms with E-state index >= 15 is 0 Å². The molecule has 122 valence electrons. The van der Waals surface area contributed by atoms with Gasteiger partial charge < -0.3 is 4.74 Å². The predicted molar refractivity (Wildman–Crippen MR) is 86.7 cm³/mol. The van der Waals surface area contributed by atoms with Gasteiger partial charge in [0.1, 0.15) is 5.75 Å². The molecular formula is C16H18N2O4S. The largest absolute Gasteiger partial charge is 0.497 e. The highest BCUT2D eigenvalue weighted by Crippen LogP contribution is 2.16. The summed E-state index contributed by atoms with van der Waals surface area (Å²) in [7, 11) is -2.31. The Kier molecular flexibility index (Phi) is 5.02. The number of carbonyl (C=O) groups excluding carboxylic acids is 1. The lowest BCUT2D eigenvalue weighted by Crippen LogP contribution is -2.41. The SMILES string of the molecule is COc1ccc(C(=O)NNS(=O)(=O)c2cc(C)ccc2C)cc1. The van der Waals surface area contributed by atoms with Crippen LogP contribution in [0.2, 0.25) is 0 Å². The molecule has 0 saturated carbocycles. The van der Waals surface area contributed by atoms with Gasteiger partial charge in [0, 0.05) is 5.56 Å². The molecule has 6 nitrogen and oxygen atoms in total. The monoisotopic (exact) mass is 334 g/mol. The first kappa shape index (κ1) is 17.0. The topological polar surface area (TPSA) is 84.5 Å². The number of carbonyl (C=O) groups is 1. The molecule has 0 unspecified atom stereocenters. The van der Waals surface area contributed by atoms with E-state index in [4.69, 9.17) is 4.74 Å². The fourth-order valence-corrected chi connectivity index (χ4v) is 3.15. The number of ether oxygens (including phenoxy) is 1. The molecule has 2 rings (SSSR count). The minimum Gasteiger partial charge on any atom is -0.497 e. The van der Waals surface area contributed by atoms with Crippen LogP contribution in [0.5, 0.6) is 5.75 Å². The standard InChI is InChI=1S/C16H18N2O4S/c1-11-4-5-12(2)15(10-11)23(20,21)18-17-16(19)13-6-8-14(22-3)9-7-13/h4-10,18H,1-3H3,(H,17,19). The van der Waals surface area contributed by atoms with Crippen LogP contribution in [0, 0.1) is 13.8 Å². The Morgan fingerprint density at radius 3 is 2.30 bits per heavy atom. The van der Waals surface area contributed by atoms with Crippen LogP contribution in [0.3, 0.4) is 0 Å². The van der Waals surface area contributed by atoms with Crippen molar-refractivity contribution in [3.63, 3.8) is 0 Å². The Bertz CT molecular complexity index is 814. The Balaban J connectivity index is 2.12. The molecule has 0 aliphatic heterocycles. The minimum absolute atomic E-state index is 0.132. The number of sulfonamides is 1. The third kappa shape index (κ3) is 4.08. The molecule has 23 heavy (non-hydrogen) atoms. The summed E-state index contributed by atoms with van der Waals surface area (Å²) in [6.07, 6.45) is 0. The second kappa shape index (κ2) is 6.80. The highest BCUT2D eigenvalue weighted by Gasteiger charge is 2.18. The van der Waals surface area contributed by atoms with Gasteiger partial charge in [-0.1, -0.05) is 12.1 Å². The molecule has 1 amide bonds. The van der Waals surface area contributed by atoms with Gasteiger partial charge in [0.05, 0.1) is 12.0 Å². The van der Waals surface area contributed by atoms with E-state index in [0.29, 0.717) is 16.9 Å². The molecule has 0 saturated heterocycles. The molecule has 0 aromatic heterocycles. The zero-order valence-electron chi connectivity index (χ0n) is 13.1. The minimum atomic E-state index is -3.84. The molecule has 0 spiro atoms. The van der Waals surface area contributed by atoms with Crippen LogP contribution in [-0.2, 0) is 10.0 Å². The van der Waals surface area contributed by atoms with E-state index in [0.717, 1.165) is 5.56 Å². The van der Waals surface area contributed by atoms with Gasteiger partial charge in [-0.25, -0.2) is 8.42 Å². The van der Waals surface area contributed by atoms with Crippen molar-refractivity contribution in [2.75, 3.05) is 7.11 Å². The van der Waals surface area contributed by atoms with E-state index in [1.807, 2.05) is 6.07 Å². The molecule has 0 atom stereocenters. The quantitative estimate of drug-likeness (QED) is 0.819. The number of hydrogen-bond acceptors (Lipinski definition) is 4. The van der Waals surface area contributed by atoms with Gasteiger partial charge in [-0.2, -0.15) is 0 Å². The maximum atomic E-state index is 12.3. The first-order chi connectivity index (χ1) is 10.8. The summed E-state index contributed by atoms with van der Waals surface area (Å²) in [5, 5.41) is 0. The number of nitrogens with one attached hydrogen (secondary N) is 2. The number of benzene rings is 2. The second-order valence-electron chi connectivity index (χ2n) is 5.06. The lowest BCUT2D eigenvalue weighted by Gasteiger charge is -2.11. The van der Waals surface area contributed by atoms with E-state index < -0.39 is 15.9 Å². The van der Waals surface area contributed by atoms with Crippen LogP contribution in [0.4, 0.5) is 0 Å². The normalized spacial score (nSPS) is 11.1. The number of hydrogen-bond donors (Lipinski definition) is 2. The summed E-state index contributed by atoms with van der Waals surface area (Å²) in [4.78, 5) is 14.2. The van der Waals surface area contributed by atoms with Gasteiger partial charge in [-0.05, 0) is 55.3 Å². The van der Waals surface area contributed by atoms with E-state index in [1.165, 1.54) is 7.11 Å². The fourth-order valence-electron chi connectivity index (χ4n) is 1.98. The number of hydrazine groups is 1. The van der Waals surface area contributed by atoms with Gasteiger partial charge in [0.25, 0.3) is 15.9 Å². The van der Waals surface area contributed by atoms with E-state index in [2.05, 4.69) is 10.3 Å². The molecule has 2 aromatic rings. The number of amides is 1. The lowest BCUT2D eigenvalue weighted by atomic mass is 10.2. The van der Waals surface area contributed by atoms with Gasteiger partial charge in [0.2, 0.25) is 0 Å². The summed E-state index contributed by atoms with van der Waals surface area (Å²) in [6, 6.07) is 11.4. The molecule has 0 bridgehead atoms. The molecule has 0 fully saturated rings. The molecule has 0 aliphatic rings. The first-order valence-corrected chi connectivity index (χ1v) is 8.35. The van der Waals surface area contributed by atoms with Gasteiger partial charge in [-0.3, -0.25) is 10.2 Å². The Hall–Kier alpha value is -2.38. The lowest BCUT2D eigenvalue weighted by molar-refractivity contribution is 0.0945. The number of methoxy groups -OCH3 is 1. The van der Waals surface area contributed by atoms with Gasteiger partial charge in [-0.15, -0.1) is 4.83 Å². The van der Waals surface area contributed by atoms with Crippen molar-refractivity contribution >= 4 is 15.9 Å². The van der Waals surface area contributed by atoms with Crippen molar-refractivity contribution in [3.05, 3.63) is 59.2 Å². The van der Waals surface area contributed by atoms with Crippen LogP contribution in [0.25, 0.3) is 0 Å². The van der Waals surface area contributed by atoms with Crippen molar-refractivity contribution in [1.29, 1.82) is 0 Å². The molecule has 0 radical (unpaired) electrons. The van der Waals surface area contributed by atoms with E-state index in [9.17, 15) is 13.2 Å². The van der Waals surface area contributed by atoms with Crippen LogP contribution < -0.4 is 15.0 Å². The average molecular weight is 334 g/mol. The number of rotatable bonds is 5. The summed E-state index contributed by atoms with van der Waals surface area (Å²) in [6.45, 7) is 3.49. The second-order valence-corrected chi connectivity index (χ2v) is 6.71. The fraction of sp³-hybridized carbons (Fsp3) is 0.188. The molecular weight excluding hydrogens is 316 g/mol. The smallest absolute Gasteiger partial charge is 0.266 e. The van der Waals surface area contributed by atoms with Crippen molar-refractivity contribution in [2.45, 2.75) is 18.7 Å². The summed E-state index contributed by atoms with van der Waals surface area (Å²) < 4.78 is 29.6. The summed E-state index contributed by atoms with van der Waals surface area (Å²) in [5.41, 5.74) is 3.93. The molecule has 0 heterocycles. The maximum Gasteiger partial charge on any atom is 0.266 e. The Labute approximate surface area is 135 Å². The van der Waals surface area contributed by atoms with Crippen molar-refractivity contribution in [1.82, 2.24) is 10.3 Å². The number of aryl methyl sites for hydroxylation is 2. The Morgan fingerprint density at radius 1 is 1.04 bits per heavy atom. The predicted octanol–water partition coefficient (Wildman–Crippen LogP) is 1.94. The van der Waals surface area contributed by atoms with Gasteiger partial charge >= 0.3 is 0 Å². The molecule has 0 aliphatic carbocycles. The summed E-state index contributed by atoms with van der Waals surface area (Å²) >= 11 is 0. The van der Waals surface area contributed by atoms with Crippen LogP contribution in [0.15, 0.2) is 47.4 Å². The highest BCUT2D eigenvalue weighted by atomic mass is 32.2. The highest BCUT2D eigenvalue weighted by molar-refractivity contribution is 7.89. The first-order valence-electron chi connectivity index (χ1n) is 6.87.